The molecule has 1 fully saturated rings. The van der Waals surface area contributed by atoms with Crippen molar-refractivity contribution >= 4 is 27.5 Å². The predicted octanol–water partition coefficient (Wildman–Crippen LogP) is 1.92. The lowest BCUT2D eigenvalue weighted by molar-refractivity contribution is -0.116. The van der Waals surface area contributed by atoms with Gasteiger partial charge < -0.3 is 10.6 Å². The first-order valence-electron chi connectivity index (χ1n) is 6.73. The van der Waals surface area contributed by atoms with Gasteiger partial charge in [-0.1, -0.05) is 15.9 Å². The molecule has 1 amide bonds. The van der Waals surface area contributed by atoms with Crippen molar-refractivity contribution in [1.29, 1.82) is 0 Å². The van der Waals surface area contributed by atoms with Crippen molar-refractivity contribution in [1.82, 2.24) is 15.1 Å². The van der Waals surface area contributed by atoms with E-state index in [2.05, 4.69) is 31.7 Å². The Bertz CT molecular complexity index is 454. The maximum Gasteiger partial charge on any atom is 0.224 e. The van der Waals surface area contributed by atoms with Gasteiger partial charge in [0.25, 0.3) is 0 Å². The minimum absolute atomic E-state index is 0.0885. The number of nitrogens with zero attached hydrogens (tertiary/aromatic N) is 2. The molecule has 19 heavy (non-hydrogen) atoms. The standard InChI is InChI=1S/C13H21BrN4O/c1-9-12(16-11(19)5-3-4-6-14)13(18(2)17-9)10-7-15-8-10/h10,15H,3-8H2,1-2H3,(H,16,19). The SMILES string of the molecule is Cc1nn(C)c(C2CNC2)c1NC(=O)CCCCBr. The van der Waals surface area contributed by atoms with Crippen LogP contribution in [0.3, 0.4) is 0 Å². The van der Waals surface area contributed by atoms with Crippen LogP contribution in [0.15, 0.2) is 0 Å². The van der Waals surface area contributed by atoms with Crippen LogP contribution in [-0.2, 0) is 11.8 Å². The van der Waals surface area contributed by atoms with Gasteiger partial charge in [0.05, 0.1) is 17.1 Å². The summed E-state index contributed by atoms with van der Waals surface area (Å²) in [6.45, 7) is 3.88. The van der Waals surface area contributed by atoms with Crippen LogP contribution in [0.2, 0.25) is 0 Å². The van der Waals surface area contributed by atoms with Gasteiger partial charge in [-0.2, -0.15) is 5.10 Å². The number of unbranched alkanes of at least 4 members (excludes halogenated alkanes) is 1. The number of carbonyl (C=O) groups is 1. The van der Waals surface area contributed by atoms with Crippen molar-refractivity contribution in [3.8, 4) is 0 Å². The van der Waals surface area contributed by atoms with E-state index in [1.54, 1.807) is 0 Å². The third-order valence-corrected chi connectivity index (χ3v) is 4.05. The summed E-state index contributed by atoms with van der Waals surface area (Å²) in [5.41, 5.74) is 2.96. The van der Waals surface area contributed by atoms with Crippen molar-refractivity contribution in [2.75, 3.05) is 23.7 Å². The van der Waals surface area contributed by atoms with Gasteiger partial charge in [-0.05, 0) is 19.8 Å². The van der Waals surface area contributed by atoms with Crippen molar-refractivity contribution < 1.29 is 4.79 Å². The normalized spacial score (nSPS) is 15.3. The molecular formula is C13H21BrN4O. The van der Waals surface area contributed by atoms with E-state index >= 15 is 0 Å². The molecule has 0 bridgehead atoms. The van der Waals surface area contributed by atoms with Crippen LogP contribution in [0, 0.1) is 6.92 Å². The maximum atomic E-state index is 12.0. The molecule has 1 saturated heterocycles. The third kappa shape index (κ3) is 3.36. The number of carbonyl (C=O) groups excluding carboxylic acids is 1. The number of alkyl halides is 1. The Labute approximate surface area is 122 Å². The first-order chi connectivity index (χ1) is 9.13. The number of aryl methyl sites for hydroxylation is 2. The number of nitrogens with one attached hydrogen (secondary N) is 2. The van der Waals surface area contributed by atoms with Gasteiger partial charge in [0, 0.05) is 37.8 Å². The van der Waals surface area contributed by atoms with Crippen LogP contribution in [0.25, 0.3) is 0 Å². The molecule has 1 aliphatic heterocycles. The molecule has 5 nitrogen and oxygen atoms in total. The van der Waals surface area contributed by atoms with Crippen LogP contribution in [0.5, 0.6) is 0 Å². The lowest BCUT2D eigenvalue weighted by atomic mass is 9.97. The highest BCUT2D eigenvalue weighted by Gasteiger charge is 2.27. The van der Waals surface area contributed by atoms with Gasteiger partial charge in [-0.15, -0.1) is 0 Å². The van der Waals surface area contributed by atoms with E-state index in [1.807, 2.05) is 18.7 Å². The second kappa shape index (κ2) is 6.52. The minimum atomic E-state index is 0.0885. The quantitative estimate of drug-likeness (QED) is 0.619. The zero-order chi connectivity index (χ0) is 13.8. The highest BCUT2D eigenvalue weighted by atomic mass is 79.9. The molecule has 0 unspecified atom stereocenters. The summed E-state index contributed by atoms with van der Waals surface area (Å²) in [5, 5.41) is 11.7. The van der Waals surface area contributed by atoms with E-state index < -0.39 is 0 Å². The fourth-order valence-corrected chi connectivity index (χ4v) is 2.76. The number of amides is 1. The molecule has 2 rings (SSSR count). The number of hydrogen-bond acceptors (Lipinski definition) is 3. The Morgan fingerprint density at radius 3 is 2.84 bits per heavy atom. The molecule has 6 heteroatoms. The molecular weight excluding hydrogens is 308 g/mol. The molecule has 0 radical (unpaired) electrons. The van der Waals surface area contributed by atoms with E-state index in [0.29, 0.717) is 12.3 Å². The molecule has 0 spiro atoms. The summed E-state index contributed by atoms with van der Waals surface area (Å²) in [6, 6.07) is 0. The van der Waals surface area contributed by atoms with Gasteiger partial charge in [0.1, 0.15) is 0 Å². The van der Waals surface area contributed by atoms with Gasteiger partial charge in [0.2, 0.25) is 5.91 Å². The Hall–Kier alpha value is -0.880. The van der Waals surface area contributed by atoms with E-state index in [0.717, 1.165) is 48.3 Å². The van der Waals surface area contributed by atoms with Gasteiger partial charge in [-0.3, -0.25) is 9.48 Å². The first kappa shape index (κ1) is 14.5. The topological polar surface area (TPSA) is 59.0 Å². The molecule has 0 saturated carbocycles. The average molecular weight is 329 g/mol. The van der Waals surface area contributed by atoms with Gasteiger partial charge in [0.15, 0.2) is 0 Å². The van der Waals surface area contributed by atoms with Crippen molar-refractivity contribution in [3.63, 3.8) is 0 Å². The number of halogens is 1. The van der Waals surface area contributed by atoms with Crippen LogP contribution in [-0.4, -0.2) is 34.1 Å². The van der Waals surface area contributed by atoms with Gasteiger partial charge in [-0.25, -0.2) is 0 Å². The molecule has 1 aromatic heterocycles. The largest absolute Gasteiger partial charge is 0.323 e. The summed E-state index contributed by atoms with van der Waals surface area (Å²) in [4.78, 5) is 12.0. The van der Waals surface area contributed by atoms with E-state index in [9.17, 15) is 4.79 Å². The molecule has 1 aliphatic rings. The van der Waals surface area contributed by atoms with Crippen molar-refractivity contribution in [3.05, 3.63) is 11.4 Å². The molecule has 106 valence electrons. The Morgan fingerprint density at radius 1 is 1.53 bits per heavy atom. The number of anilines is 1. The molecule has 1 aromatic rings. The smallest absolute Gasteiger partial charge is 0.224 e. The van der Waals surface area contributed by atoms with Gasteiger partial charge >= 0.3 is 0 Å². The number of aromatic nitrogens is 2. The summed E-state index contributed by atoms with van der Waals surface area (Å²) in [6.07, 6.45) is 2.51. The zero-order valence-electron chi connectivity index (χ0n) is 11.5. The molecule has 2 N–H and O–H groups in total. The summed E-state index contributed by atoms with van der Waals surface area (Å²) < 4.78 is 1.90. The van der Waals surface area contributed by atoms with Crippen LogP contribution >= 0.6 is 15.9 Å². The van der Waals surface area contributed by atoms with Crippen molar-refractivity contribution in [2.45, 2.75) is 32.1 Å². The summed E-state index contributed by atoms with van der Waals surface area (Å²) in [5.74, 6) is 0.551. The predicted molar refractivity (Wildman–Crippen MR) is 79.8 cm³/mol. The second-order valence-electron chi connectivity index (χ2n) is 5.02. The molecule has 0 aromatic carbocycles. The van der Waals surface area contributed by atoms with Crippen LogP contribution in [0.1, 0.15) is 36.6 Å². The highest BCUT2D eigenvalue weighted by Crippen LogP contribution is 2.29. The molecule has 0 atom stereocenters. The number of hydrogen-bond donors (Lipinski definition) is 2. The van der Waals surface area contributed by atoms with Crippen LogP contribution in [0.4, 0.5) is 5.69 Å². The fourth-order valence-electron chi connectivity index (χ4n) is 2.36. The van der Waals surface area contributed by atoms with Crippen molar-refractivity contribution in [2.24, 2.45) is 7.05 Å². The monoisotopic (exact) mass is 328 g/mol. The van der Waals surface area contributed by atoms with E-state index in [1.165, 1.54) is 0 Å². The lowest BCUT2D eigenvalue weighted by Gasteiger charge is -2.28. The second-order valence-corrected chi connectivity index (χ2v) is 5.81. The molecule has 0 aliphatic carbocycles. The van der Waals surface area contributed by atoms with Crippen LogP contribution < -0.4 is 10.6 Å². The fraction of sp³-hybridized carbons (Fsp3) is 0.692. The highest BCUT2D eigenvalue weighted by molar-refractivity contribution is 9.09. The zero-order valence-corrected chi connectivity index (χ0v) is 13.1. The summed E-state index contributed by atoms with van der Waals surface area (Å²) >= 11 is 3.38. The lowest BCUT2D eigenvalue weighted by Crippen LogP contribution is -2.41. The first-order valence-corrected chi connectivity index (χ1v) is 7.85. The summed E-state index contributed by atoms with van der Waals surface area (Å²) in [7, 11) is 1.95. The molecule has 2 heterocycles. The Balaban J connectivity index is 2.04. The maximum absolute atomic E-state index is 12.0. The number of rotatable bonds is 6. The van der Waals surface area contributed by atoms with E-state index in [-0.39, 0.29) is 5.91 Å². The third-order valence-electron chi connectivity index (χ3n) is 3.49. The Kier molecular flexibility index (Phi) is 4.99. The Morgan fingerprint density at radius 2 is 2.26 bits per heavy atom. The van der Waals surface area contributed by atoms with E-state index in [4.69, 9.17) is 0 Å². The average Bonchev–Trinajstić information content (AvgIpc) is 2.55. The minimum Gasteiger partial charge on any atom is -0.323 e.